The summed E-state index contributed by atoms with van der Waals surface area (Å²) in [5, 5.41) is 10.5. The van der Waals surface area contributed by atoms with Crippen molar-refractivity contribution in [3.8, 4) is 5.75 Å². The highest BCUT2D eigenvalue weighted by atomic mass is 32.2. The number of pyridine rings is 2. The summed E-state index contributed by atoms with van der Waals surface area (Å²) in [6, 6.07) is 3.03. The van der Waals surface area contributed by atoms with Gasteiger partial charge in [-0.25, -0.2) is 22.5 Å². The van der Waals surface area contributed by atoms with Crippen molar-refractivity contribution in [2.45, 2.75) is 0 Å². The number of amides is 1. The number of carbonyl (C=O) groups excluding carboxylic acids is 2. The smallest absolute Gasteiger partial charge is 0.360 e. The number of anilines is 1. The van der Waals surface area contributed by atoms with Gasteiger partial charge in [0.1, 0.15) is 12.1 Å². The molecule has 138 valence electrons. The van der Waals surface area contributed by atoms with Crippen LogP contribution in [0.15, 0.2) is 18.3 Å². The lowest BCUT2D eigenvalue weighted by Crippen LogP contribution is -2.37. The predicted molar refractivity (Wildman–Crippen MR) is 91.3 cm³/mol. The van der Waals surface area contributed by atoms with E-state index in [4.69, 9.17) is 0 Å². The maximum Gasteiger partial charge on any atom is 0.360 e. The Labute approximate surface area is 149 Å². The van der Waals surface area contributed by atoms with Crippen molar-refractivity contribution in [1.29, 1.82) is 0 Å². The van der Waals surface area contributed by atoms with Crippen LogP contribution in [-0.4, -0.2) is 73.3 Å². The Kier molecular flexibility index (Phi) is 4.40. The highest BCUT2D eigenvalue weighted by Crippen LogP contribution is 2.34. The molecule has 0 atom stereocenters. The number of esters is 1. The standard InChI is InChI=1S/C15H16N4O6S/c1-18-6-7-26(23,24)19(8-10(18)20)14-9-4-3-5-16-11(9)13(21)12(17-14)15(22)25-2/h3-5,21H,6-8H2,1-2H3. The molecular formula is C15H16N4O6S. The van der Waals surface area contributed by atoms with Crippen LogP contribution in [0.1, 0.15) is 10.5 Å². The van der Waals surface area contributed by atoms with Gasteiger partial charge in [-0.2, -0.15) is 0 Å². The molecule has 1 amide bonds. The lowest BCUT2D eigenvalue weighted by molar-refractivity contribution is -0.127. The lowest BCUT2D eigenvalue weighted by atomic mass is 10.2. The van der Waals surface area contributed by atoms with Crippen LogP contribution in [0.25, 0.3) is 10.9 Å². The molecule has 3 rings (SSSR count). The Balaban J connectivity index is 2.31. The number of sulfonamides is 1. The number of hydrogen-bond donors (Lipinski definition) is 1. The second-order valence-electron chi connectivity index (χ2n) is 5.66. The molecule has 0 saturated carbocycles. The molecule has 2 aromatic heterocycles. The third-order valence-electron chi connectivity index (χ3n) is 4.05. The number of nitrogens with zero attached hydrogens (tertiary/aromatic N) is 4. The summed E-state index contributed by atoms with van der Waals surface area (Å²) >= 11 is 0. The van der Waals surface area contributed by atoms with Crippen LogP contribution in [0.4, 0.5) is 5.82 Å². The molecule has 0 aliphatic carbocycles. The number of ether oxygens (including phenoxy) is 1. The Morgan fingerprint density at radius 3 is 2.81 bits per heavy atom. The van der Waals surface area contributed by atoms with E-state index in [1.165, 1.54) is 30.3 Å². The highest BCUT2D eigenvalue weighted by molar-refractivity contribution is 7.92. The summed E-state index contributed by atoms with van der Waals surface area (Å²) in [6.45, 7) is -0.434. The van der Waals surface area contributed by atoms with Crippen molar-refractivity contribution in [3.63, 3.8) is 0 Å². The average molecular weight is 380 g/mol. The fraction of sp³-hybridized carbons (Fsp3) is 0.333. The van der Waals surface area contributed by atoms with E-state index in [-0.39, 0.29) is 29.0 Å². The predicted octanol–water partition coefficient (Wildman–Crippen LogP) is -0.270. The van der Waals surface area contributed by atoms with Crippen LogP contribution in [-0.2, 0) is 19.6 Å². The quantitative estimate of drug-likeness (QED) is 0.705. The largest absolute Gasteiger partial charge is 0.504 e. The van der Waals surface area contributed by atoms with Crippen LogP contribution >= 0.6 is 0 Å². The van der Waals surface area contributed by atoms with E-state index in [9.17, 15) is 23.1 Å². The van der Waals surface area contributed by atoms with E-state index in [2.05, 4.69) is 14.7 Å². The van der Waals surface area contributed by atoms with Crippen molar-refractivity contribution >= 4 is 38.6 Å². The molecule has 1 aliphatic heterocycles. The molecule has 1 saturated heterocycles. The van der Waals surface area contributed by atoms with E-state index in [0.717, 1.165) is 11.4 Å². The molecule has 0 unspecified atom stereocenters. The van der Waals surface area contributed by atoms with Crippen LogP contribution in [0.3, 0.4) is 0 Å². The Morgan fingerprint density at radius 2 is 2.12 bits per heavy atom. The van der Waals surface area contributed by atoms with E-state index >= 15 is 0 Å². The molecule has 11 heteroatoms. The van der Waals surface area contributed by atoms with Gasteiger partial charge in [0.25, 0.3) is 0 Å². The Hall–Kier alpha value is -2.95. The molecule has 1 N–H and O–H groups in total. The molecule has 1 fully saturated rings. The van der Waals surface area contributed by atoms with E-state index in [1.54, 1.807) is 0 Å². The van der Waals surface area contributed by atoms with Gasteiger partial charge in [0.15, 0.2) is 17.3 Å². The molecule has 0 radical (unpaired) electrons. The van der Waals surface area contributed by atoms with Gasteiger partial charge in [-0.05, 0) is 12.1 Å². The zero-order valence-electron chi connectivity index (χ0n) is 14.0. The molecule has 26 heavy (non-hydrogen) atoms. The fourth-order valence-corrected chi connectivity index (χ4v) is 4.01. The molecule has 2 aromatic rings. The summed E-state index contributed by atoms with van der Waals surface area (Å²) in [4.78, 5) is 33.5. The second-order valence-corrected chi connectivity index (χ2v) is 7.67. The second kappa shape index (κ2) is 6.41. The molecular weight excluding hydrogens is 364 g/mol. The molecule has 0 spiro atoms. The number of fused-ring (bicyclic) bond motifs is 1. The molecule has 1 aliphatic rings. The van der Waals surface area contributed by atoms with Gasteiger partial charge in [-0.3, -0.25) is 9.78 Å². The monoisotopic (exact) mass is 380 g/mol. The van der Waals surface area contributed by atoms with Crippen LogP contribution in [0, 0.1) is 0 Å². The third-order valence-corrected chi connectivity index (χ3v) is 5.73. The summed E-state index contributed by atoms with van der Waals surface area (Å²) in [5.74, 6) is -2.35. The lowest BCUT2D eigenvalue weighted by Gasteiger charge is -2.22. The van der Waals surface area contributed by atoms with Gasteiger partial charge in [0, 0.05) is 25.2 Å². The first-order valence-corrected chi connectivity index (χ1v) is 9.17. The van der Waals surface area contributed by atoms with E-state index in [0.29, 0.717) is 0 Å². The van der Waals surface area contributed by atoms with Gasteiger partial charge in [0.05, 0.1) is 12.9 Å². The number of rotatable bonds is 2. The van der Waals surface area contributed by atoms with Gasteiger partial charge < -0.3 is 14.7 Å². The number of methoxy groups -OCH3 is 1. The maximum atomic E-state index is 12.7. The molecule has 3 heterocycles. The van der Waals surface area contributed by atoms with Gasteiger partial charge >= 0.3 is 5.97 Å². The number of aromatic hydroxyl groups is 1. The van der Waals surface area contributed by atoms with Crippen LogP contribution < -0.4 is 4.31 Å². The van der Waals surface area contributed by atoms with Crippen LogP contribution in [0.5, 0.6) is 5.75 Å². The Bertz CT molecular complexity index is 1010. The van der Waals surface area contributed by atoms with Crippen LogP contribution in [0.2, 0.25) is 0 Å². The van der Waals surface area contributed by atoms with Gasteiger partial charge in [-0.1, -0.05) is 0 Å². The highest BCUT2D eigenvalue weighted by Gasteiger charge is 2.34. The first-order valence-electron chi connectivity index (χ1n) is 7.56. The van der Waals surface area contributed by atoms with Crippen molar-refractivity contribution < 1.29 is 27.9 Å². The summed E-state index contributed by atoms with van der Waals surface area (Å²) in [5.41, 5.74) is -0.493. The SMILES string of the molecule is COC(=O)c1nc(N2CC(=O)N(C)CCS2(=O)=O)c2cccnc2c1O. The normalized spacial score (nSPS) is 17.2. The first-order chi connectivity index (χ1) is 12.3. The van der Waals surface area contributed by atoms with Crippen molar-refractivity contribution in [2.24, 2.45) is 0 Å². The number of hydrogen-bond acceptors (Lipinski definition) is 8. The maximum absolute atomic E-state index is 12.7. The number of likely N-dealkylation sites (N-methyl/N-ethyl adjacent to an activating group) is 1. The van der Waals surface area contributed by atoms with Gasteiger partial charge in [0.2, 0.25) is 15.9 Å². The fourth-order valence-electron chi connectivity index (χ4n) is 2.57. The summed E-state index contributed by atoms with van der Waals surface area (Å²) in [7, 11) is -1.28. The number of aromatic nitrogens is 2. The minimum Gasteiger partial charge on any atom is -0.504 e. The topological polar surface area (TPSA) is 130 Å². The van der Waals surface area contributed by atoms with Gasteiger partial charge in [-0.15, -0.1) is 0 Å². The van der Waals surface area contributed by atoms with E-state index < -0.39 is 39.9 Å². The summed E-state index contributed by atoms with van der Waals surface area (Å²) in [6.07, 6.45) is 1.38. The molecule has 0 aromatic carbocycles. The van der Waals surface area contributed by atoms with Crippen molar-refractivity contribution in [2.75, 3.05) is 37.3 Å². The Morgan fingerprint density at radius 1 is 1.38 bits per heavy atom. The average Bonchev–Trinajstić information content (AvgIpc) is 2.73. The first kappa shape index (κ1) is 17.9. The minimum atomic E-state index is -3.89. The zero-order chi connectivity index (χ0) is 19.1. The third kappa shape index (κ3) is 2.90. The minimum absolute atomic E-state index is 0.0156. The van der Waals surface area contributed by atoms with E-state index in [1.807, 2.05) is 0 Å². The summed E-state index contributed by atoms with van der Waals surface area (Å²) < 4.78 is 30.8. The molecule has 10 nitrogen and oxygen atoms in total. The van der Waals surface area contributed by atoms with Crippen molar-refractivity contribution in [1.82, 2.24) is 14.9 Å². The molecule has 0 bridgehead atoms. The van der Waals surface area contributed by atoms with Crippen molar-refractivity contribution in [3.05, 3.63) is 24.0 Å². The zero-order valence-corrected chi connectivity index (χ0v) is 14.9. The number of carbonyl (C=O) groups is 2.